The number of rotatable bonds is 8. The van der Waals surface area contributed by atoms with Gasteiger partial charge in [0.25, 0.3) is 5.91 Å². The van der Waals surface area contributed by atoms with Gasteiger partial charge in [0.15, 0.2) is 0 Å². The van der Waals surface area contributed by atoms with Crippen LogP contribution in [0, 0.1) is 0 Å². The van der Waals surface area contributed by atoms with Crippen LogP contribution in [0.1, 0.15) is 28.4 Å². The molecule has 0 aliphatic carbocycles. The SMILES string of the molecule is CCOc1ccc(C(=O)NCc2ccc(Cl)cc2Cl)cc1COc1ccc2ccccc2c1. The first kappa shape index (κ1) is 23.0. The van der Waals surface area contributed by atoms with E-state index < -0.39 is 0 Å². The van der Waals surface area contributed by atoms with Gasteiger partial charge in [-0.2, -0.15) is 0 Å². The predicted molar refractivity (Wildman–Crippen MR) is 134 cm³/mol. The van der Waals surface area contributed by atoms with Gasteiger partial charge in [0.1, 0.15) is 18.1 Å². The number of carbonyl (C=O) groups excluding carboxylic acids is 1. The minimum atomic E-state index is -0.212. The molecule has 0 saturated heterocycles. The zero-order valence-electron chi connectivity index (χ0n) is 18.1. The van der Waals surface area contributed by atoms with Crippen LogP contribution in [0.4, 0.5) is 0 Å². The molecule has 4 nitrogen and oxygen atoms in total. The van der Waals surface area contributed by atoms with E-state index in [-0.39, 0.29) is 12.5 Å². The number of carbonyl (C=O) groups is 1. The van der Waals surface area contributed by atoms with Gasteiger partial charge >= 0.3 is 0 Å². The lowest BCUT2D eigenvalue weighted by Gasteiger charge is -2.14. The van der Waals surface area contributed by atoms with Crippen molar-refractivity contribution in [2.45, 2.75) is 20.1 Å². The van der Waals surface area contributed by atoms with Crippen molar-refractivity contribution in [3.63, 3.8) is 0 Å². The molecule has 0 aromatic heterocycles. The highest BCUT2D eigenvalue weighted by Crippen LogP contribution is 2.26. The number of hydrogen-bond acceptors (Lipinski definition) is 3. The fourth-order valence-corrected chi connectivity index (χ4v) is 3.97. The molecule has 4 rings (SSSR count). The largest absolute Gasteiger partial charge is 0.493 e. The molecule has 0 heterocycles. The summed E-state index contributed by atoms with van der Waals surface area (Å²) in [5.41, 5.74) is 2.10. The van der Waals surface area contributed by atoms with Crippen molar-refractivity contribution in [1.82, 2.24) is 5.32 Å². The van der Waals surface area contributed by atoms with E-state index in [1.807, 2.05) is 43.3 Å². The van der Waals surface area contributed by atoms with E-state index in [1.165, 1.54) is 0 Å². The number of benzene rings is 4. The molecule has 33 heavy (non-hydrogen) atoms. The first-order chi connectivity index (χ1) is 16.0. The van der Waals surface area contributed by atoms with Crippen LogP contribution in [0.2, 0.25) is 10.0 Å². The Morgan fingerprint density at radius 3 is 2.45 bits per heavy atom. The molecule has 168 valence electrons. The average Bonchev–Trinajstić information content (AvgIpc) is 2.82. The zero-order valence-corrected chi connectivity index (χ0v) is 19.6. The molecular weight excluding hydrogens is 457 g/mol. The first-order valence-electron chi connectivity index (χ1n) is 10.6. The summed E-state index contributed by atoms with van der Waals surface area (Å²) < 4.78 is 11.8. The van der Waals surface area contributed by atoms with Crippen molar-refractivity contribution >= 4 is 39.9 Å². The van der Waals surface area contributed by atoms with Crippen LogP contribution in [0.5, 0.6) is 11.5 Å². The van der Waals surface area contributed by atoms with Crippen LogP contribution in [0.15, 0.2) is 78.9 Å². The third kappa shape index (κ3) is 5.78. The first-order valence-corrected chi connectivity index (χ1v) is 11.4. The number of amides is 1. The van der Waals surface area contributed by atoms with Crippen LogP contribution >= 0.6 is 23.2 Å². The topological polar surface area (TPSA) is 47.6 Å². The minimum Gasteiger partial charge on any atom is -0.493 e. The monoisotopic (exact) mass is 479 g/mol. The fourth-order valence-electron chi connectivity index (χ4n) is 3.49. The van der Waals surface area contributed by atoms with Gasteiger partial charge in [-0.3, -0.25) is 4.79 Å². The van der Waals surface area contributed by atoms with E-state index in [1.54, 1.807) is 36.4 Å². The van der Waals surface area contributed by atoms with Crippen molar-refractivity contribution in [3.05, 3.63) is 106 Å². The molecule has 0 unspecified atom stereocenters. The number of halogens is 2. The molecule has 4 aromatic rings. The average molecular weight is 480 g/mol. The molecule has 1 N–H and O–H groups in total. The van der Waals surface area contributed by atoms with Crippen LogP contribution in [-0.2, 0) is 13.2 Å². The molecule has 1 amide bonds. The second-order valence-electron chi connectivity index (χ2n) is 7.47. The highest BCUT2D eigenvalue weighted by Gasteiger charge is 2.12. The number of nitrogens with one attached hydrogen (secondary N) is 1. The minimum absolute atomic E-state index is 0.212. The lowest BCUT2D eigenvalue weighted by Crippen LogP contribution is -2.23. The maximum Gasteiger partial charge on any atom is 0.251 e. The summed E-state index contributed by atoms with van der Waals surface area (Å²) in [6, 6.07) is 24.6. The molecule has 0 bridgehead atoms. The Morgan fingerprint density at radius 1 is 0.848 bits per heavy atom. The Labute approximate surface area is 203 Å². The van der Waals surface area contributed by atoms with Gasteiger partial charge in [-0.05, 0) is 65.7 Å². The Morgan fingerprint density at radius 2 is 1.67 bits per heavy atom. The maximum absolute atomic E-state index is 12.8. The highest BCUT2D eigenvalue weighted by atomic mass is 35.5. The Balaban J connectivity index is 1.48. The predicted octanol–water partition coefficient (Wildman–Crippen LogP) is 7.05. The van der Waals surface area contributed by atoms with E-state index in [0.717, 1.165) is 27.6 Å². The number of fused-ring (bicyclic) bond motifs is 1. The summed E-state index contributed by atoms with van der Waals surface area (Å²) >= 11 is 12.1. The molecule has 0 aliphatic rings. The molecule has 0 saturated carbocycles. The summed E-state index contributed by atoms with van der Waals surface area (Å²) in [6.07, 6.45) is 0. The lowest BCUT2D eigenvalue weighted by molar-refractivity contribution is 0.0950. The van der Waals surface area contributed by atoms with Crippen LogP contribution in [0.25, 0.3) is 10.8 Å². The van der Waals surface area contributed by atoms with Gasteiger partial charge in [-0.25, -0.2) is 0 Å². The second kappa shape index (κ2) is 10.6. The zero-order chi connectivity index (χ0) is 23.2. The standard InChI is InChI=1S/C27H23Cl2NO3/c1-2-32-26-12-9-20(27(31)30-16-21-7-10-23(28)15-25(21)29)13-22(26)17-33-24-11-8-18-5-3-4-6-19(18)14-24/h3-15H,2,16-17H2,1H3,(H,30,31). The molecular formula is C27H23Cl2NO3. The van der Waals surface area contributed by atoms with Gasteiger partial charge < -0.3 is 14.8 Å². The molecule has 6 heteroatoms. The Hall–Kier alpha value is -3.21. The van der Waals surface area contributed by atoms with Crippen molar-refractivity contribution in [3.8, 4) is 11.5 Å². The molecule has 0 atom stereocenters. The second-order valence-corrected chi connectivity index (χ2v) is 8.32. The summed E-state index contributed by atoms with van der Waals surface area (Å²) in [7, 11) is 0. The normalized spacial score (nSPS) is 10.8. The molecule has 0 fully saturated rings. The van der Waals surface area contributed by atoms with Crippen molar-refractivity contribution in [1.29, 1.82) is 0 Å². The maximum atomic E-state index is 12.8. The van der Waals surface area contributed by atoms with Crippen LogP contribution < -0.4 is 14.8 Å². The quantitative estimate of drug-likeness (QED) is 0.294. The van der Waals surface area contributed by atoms with Crippen molar-refractivity contribution < 1.29 is 14.3 Å². The van der Waals surface area contributed by atoms with Gasteiger partial charge in [0.2, 0.25) is 0 Å². The van der Waals surface area contributed by atoms with Gasteiger partial charge in [-0.15, -0.1) is 0 Å². The Bertz CT molecular complexity index is 1290. The van der Waals surface area contributed by atoms with E-state index in [9.17, 15) is 4.79 Å². The van der Waals surface area contributed by atoms with Gasteiger partial charge in [0, 0.05) is 27.7 Å². The molecule has 4 aromatic carbocycles. The van der Waals surface area contributed by atoms with Gasteiger partial charge in [0.05, 0.1) is 6.61 Å². The summed E-state index contributed by atoms with van der Waals surface area (Å²) in [5.74, 6) is 1.23. The summed E-state index contributed by atoms with van der Waals surface area (Å²) in [5, 5.41) is 6.22. The van der Waals surface area contributed by atoms with Gasteiger partial charge in [-0.1, -0.05) is 59.6 Å². The van der Waals surface area contributed by atoms with Crippen LogP contribution in [-0.4, -0.2) is 12.5 Å². The van der Waals surface area contributed by atoms with E-state index in [2.05, 4.69) is 11.4 Å². The third-order valence-electron chi connectivity index (χ3n) is 5.19. The molecule has 0 aliphatic heterocycles. The highest BCUT2D eigenvalue weighted by molar-refractivity contribution is 6.35. The number of hydrogen-bond donors (Lipinski definition) is 1. The molecule has 0 spiro atoms. The van der Waals surface area contributed by atoms with E-state index in [0.29, 0.717) is 34.5 Å². The fraction of sp³-hybridized carbons (Fsp3) is 0.148. The van der Waals surface area contributed by atoms with Crippen LogP contribution in [0.3, 0.4) is 0 Å². The Kier molecular flexibility index (Phi) is 7.38. The van der Waals surface area contributed by atoms with E-state index in [4.69, 9.17) is 32.7 Å². The lowest BCUT2D eigenvalue weighted by atomic mass is 10.1. The third-order valence-corrected chi connectivity index (χ3v) is 5.78. The summed E-state index contributed by atoms with van der Waals surface area (Å²) in [6.45, 7) is 3.01. The summed E-state index contributed by atoms with van der Waals surface area (Å²) in [4.78, 5) is 12.8. The van der Waals surface area contributed by atoms with E-state index >= 15 is 0 Å². The van der Waals surface area contributed by atoms with Crippen molar-refractivity contribution in [2.75, 3.05) is 6.61 Å². The molecule has 0 radical (unpaired) electrons. The number of ether oxygens (including phenoxy) is 2. The van der Waals surface area contributed by atoms with Crippen molar-refractivity contribution in [2.24, 2.45) is 0 Å². The smallest absolute Gasteiger partial charge is 0.251 e.